The smallest absolute Gasteiger partial charge is 0.250 e. The number of carbonyl (C=O) groups is 1. The van der Waals surface area contributed by atoms with Gasteiger partial charge in [0.15, 0.2) is 0 Å². The highest BCUT2D eigenvalue weighted by atomic mass is 16.1. The van der Waals surface area contributed by atoms with Crippen LogP contribution in [0.5, 0.6) is 0 Å². The van der Waals surface area contributed by atoms with Crippen LogP contribution in [0.15, 0.2) is 24.4 Å². The normalized spacial score (nSPS) is 9.75. The molecule has 2 N–H and O–H groups in total. The molecule has 1 heterocycles. The van der Waals surface area contributed by atoms with Gasteiger partial charge in [-0.1, -0.05) is 19.9 Å². The van der Waals surface area contributed by atoms with Gasteiger partial charge in [0.25, 0.3) is 5.91 Å². The first-order valence-corrected chi connectivity index (χ1v) is 5.45. The van der Waals surface area contributed by atoms with E-state index in [1.54, 1.807) is 6.07 Å². The number of nitrogens with zero attached hydrogens (tertiary/aromatic N) is 1. The lowest BCUT2D eigenvalue weighted by Crippen LogP contribution is -2.12. The topological polar surface area (TPSA) is 48.0 Å². The highest BCUT2D eigenvalue weighted by molar-refractivity contribution is 6.06. The second-order valence-corrected chi connectivity index (χ2v) is 3.48. The van der Waals surface area contributed by atoms with Gasteiger partial charge in [-0.2, -0.15) is 0 Å². The van der Waals surface area contributed by atoms with Crippen LogP contribution >= 0.6 is 0 Å². The Hall–Kier alpha value is -1.77. The lowest BCUT2D eigenvalue weighted by molar-refractivity contribution is 0.100. The van der Waals surface area contributed by atoms with Crippen molar-refractivity contribution in [1.82, 2.24) is 4.57 Å². The zero-order valence-electron chi connectivity index (χ0n) is 10.2. The summed E-state index contributed by atoms with van der Waals surface area (Å²) in [4.78, 5) is 11.2. The molecule has 0 unspecified atom stereocenters. The molecule has 1 amide bonds. The molecule has 0 aliphatic rings. The van der Waals surface area contributed by atoms with Crippen LogP contribution in [0.1, 0.15) is 29.8 Å². The zero-order valence-corrected chi connectivity index (χ0v) is 10.2. The van der Waals surface area contributed by atoms with E-state index in [9.17, 15) is 4.79 Å². The summed E-state index contributed by atoms with van der Waals surface area (Å²) in [5.74, 6) is -0.378. The molecule has 2 aromatic rings. The van der Waals surface area contributed by atoms with Gasteiger partial charge in [-0.3, -0.25) is 4.79 Å². The second-order valence-electron chi connectivity index (χ2n) is 3.48. The molecule has 0 atom stereocenters. The van der Waals surface area contributed by atoms with Crippen LogP contribution in [0.3, 0.4) is 0 Å². The number of nitrogens with two attached hydrogens (primary N) is 1. The Bertz CT molecular complexity index is 512. The van der Waals surface area contributed by atoms with Gasteiger partial charge in [0.2, 0.25) is 0 Å². The number of carbonyl (C=O) groups excluding carboxylic acids is 1. The molecule has 0 aliphatic heterocycles. The van der Waals surface area contributed by atoms with Crippen molar-refractivity contribution in [1.29, 1.82) is 0 Å². The van der Waals surface area contributed by atoms with E-state index in [0.29, 0.717) is 5.56 Å². The summed E-state index contributed by atoms with van der Waals surface area (Å²) in [6, 6.07) is 5.69. The number of amides is 1. The Balaban J connectivity index is 0.000000606. The number of aryl methyl sites for hydroxylation is 2. The van der Waals surface area contributed by atoms with Crippen LogP contribution in [0.4, 0.5) is 0 Å². The van der Waals surface area contributed by atoms with Crippen molar-refractivity contribution in [2.24, 2.45) is 12.8 Å². The van der Waals surface area contributed by atoms with Crippen LogP contribution in [-0.2, 0) is 7.05 Å². The standard InChI is InChI=1S/C11H12N2O.C2H6/c1-7-3-4-9(11(12)14)10-8(7)5-6-13(10)2;1-2/h3-6H,1-2H3,(H2,12,14);1-2H3. The summed E-state index contributed by atoms with van der Waals surface area (Å²) in [5.41, 5.74) is 7.96. The third kappa shape index (κ3) is 1.94. The Morgan fingerprint density at radius 3 is 2.44 bits per heavy atom. The Kier molecular flexibility index (Phi) is 3.72. The molecular weight excluding hydrogens is 200 g/mol. The first-order valence-electron chi connectivity index (χ1n) is 5.45. The SMILES string of the molecule is CC.Cc1ccc(C(N)=O)c2c1ccn2C. The number of benzene rings is 1. The van der Waals surface area contributed by atoms with Gasteiger partial charge in [0.1, 0.15) is 0 Å². The lowest BCUT2D eigenvalue weighted by atomic mass is 10.1. The van der Waals surface area contributed by atoms with Gasteiger partial charge in [-0.25, -0.2) is 0 Å². The average molecular weight is 218 g/mol. The molecule has 0 bridgehead atoms. The number of primary amides is 1. The molecule has 0 radical (unpaired) electrons. The maximum Gasteiger partial charge on any atom is 0.250 e. The van der Waals surface area contributed by atoms with Crippen molar-refractivity contribution in [3.05, 3.63) is 35.5 Å². The predicted octanol–water partition coefficient (Wildman–Crippen LogP) is 2.61. The van der Waals surface area contributed by atoms with E-state index in [4.69, 9.17) is 5.73 Å². The largest absolute Gasteiger partial charge is 0.366 e. The number of aromatic nitrogens is 1. The predicted molar refractivity (Wildman–Crippen MR) is 67.5 cm³/mol. The molecule has 1 aromatic carbocycles. The van der Waals surface area contributed by atoms with Gasteiger partial charge >= 0.3 is 0 Å². The van der Waals surface area contributed by atoms with E-state index < -0.39 is 0 Å². The molecule has 0 fully saturated rings. The molecule has 3 heteroatoms. The van der Waals surface area contributed by atoms with Crippen molar-refractivity contribution < 1.29 is 4.79 Å². The molecule has 86 valence electrons. The van der Waals surface area contributed by atoms with Gasteiger partial charge < -0.3 is 10.3 Å². The van der Waals surface area contributed by atoms with Gasteiger partial charge in [0.05, 0.1) is 11.1 Å². The van der Waals surface area contributed by atoms with Crippen LogP contribution in [0.2, 0.25) is 0 Å². The molecule has 0 saturated carbocycles. The van der Waals surface area contributed by atoms with Gasteiger partial charge in [-0.15, -0.1) is 0 Å². The third-order valence-corrected chi connectivity index (χ3v) is 2.52. The number of fused-ring (bicyclic) bond motifs is 1. The summed E-state index contributed by atoms with van der Waals surface area (Å²) in [7, 11) is 1.91. The first kappa shape index (κ1) is 12.3. The van der Waals surface area contributed by atoms with Crippen LogP contribution in [-0.4, -0.2) is 10.5 Å². The third-order valence-electron chi connectivity index (χ3n) is 2.52. The Morgan fingerprint density at radius 1 is 1.25 bits per heavy atom. The molecular formula is C13H18N2O. The molecule has 0 saturated heterocycles. The molecule has 1 aromatic heterocycles. The fourth-order valence-electron chi connectivity index (χ4n) is 1.76. The number of hydrogen-bond donors (Lipinski definition) is 1. The van der Waals surface area contributed by atoms with Crippen molar-refractivity contribution >= 4 is 16.8 Å². The zero-order chi connectivity index (χ0) is 12.3. The van der Waals surface area contributed by atoms with Crippen molar-refractivity contribution in [2.75, 3.05) is 0 Å². The van der Waals surface area contributed by atoms with E-state index in [1.165, 1.54) is 0 Å². The minimum Gasteiger partial charge on any atom is -0.366 e. The summed E-state index contributed by atoms with van der Waals surface area (Å²) in [5, 5.41) is 1.09. The van der Waals surface area contributed by atoms with Crippen molar-refractivity contribution in [3.8, 4) is 0 Å². The molecule has 0 spiro atoms. The van der Waals surface area contributed by atoms with E-state index >= 15 is 0 Å². The first-order chi connectivity index (χ1) is 7.61. The molecule has 16 heavy (non-hydrogen) atoms. The van der Waals surface area contributed by atoms with Crippen LogP contribution < -0.4 is 5.73 Å². The summed E-state index contributed by atoms with van der Waals surface area (Å²) >= 11 is 0. The minimum absolute atomic E-state index is 0.378. The van der Waals surface area contributed by atoms with Gasteiger partial charge in [-0.05, 0) is 24.6 Å². The molecule has 2 rings (SSSR count). The van der Waals surface area contributed by atoms with E-state index in [1.807, 2.05) is 50.7 Å². The number of hydrogen-bond acceptors (Lipinski definition) is 1. The lowest BCUT2D eigenvalue weighted by Gasteiger charge is -2.04. The second kappa shape index (κ2) is 4.84. The fourth-order valence-corrected chi connectivity index (χ4v) is 1.76. The summed E-state index contributed by atoms with van der Waals surface area (Å²) in [6.07, 6.45) is 1.93. The van der Waals surface area contributed by atoms with Crippen molar-refractivity contribution in [2.45, 2.75) is 20.8 Å². The Labute approximate surface area is 95.9 Å². The monoisotopic (exact) mass is 218 g/mol. The van der Waals surface area contributed by atoms with E-state index in [0.717, 1.165) is 16.5 Å². The Morgan fingerprint density at radius 2 is 1.88 bits per heavy atom. The summed E-state index contributed by atoms with van der Waals surface area (Å²) < 4.78 is 1.92. The highest BCUT2D eigenvalue weighted by Gasteiger charge is 2.10. The van der Waals surface area contributed by atoms with Gasteiger partial charge in [0, 0.05) is 18.6 Å². The maximum absolute atomic E-state index is 11.2. The molecule has 3 nitrogen and oxygen atoms in total. The van der Waals surface area contributed by atoms with E-state index in [-0.39, 0.29) is 5.91 Å². The maximum atomic E-state index is 11.2. The fraction of sp³-hybridized carbons (Fsp3) is 0.308. The molecule has 0 aliphatic carbocycles. The number of rotatable bonds is 1. The van der Waals surface area contributed by atoms with E-state index in [2.05, 4.69) is 0 Å². The average Bonchev–Trinajstić information content (AvgIpc) is 2.65. The summed E-state index contributed by atoms with van der Waals surface area (Å²) in [6.45, 7) is 6.02. The van der Waals surface area contributed by atoms with Crippen molar-refractivity contribution in [3.63, 3.8) is 0 Å². The minimum atomic E-state index is -0.378. The highest BCUT2D eigenvalue weighted by Crippen LogP contribution is 2.22. The van der Waals surface area contributed by atoms with Crippen LogP contribution in [0, 0.1) is 6.92 Å². The quantitative estimate of drug-likeness (QED) is 0.785. The van der Waals surface area contributed by atoms with Crippen LogP contribution in [0.25, 0.3) is 10.9 Å².